The van der Waals surface area contributed by atoms with Gasteiger partial charge in [-0.3, -0.25) is 14.4 Å². The highest BCUT2D eigenvalue weighted by molar-refractivity contribution is 8.02. The molecule has 0 aromatic heterocycles. The van der Waals surface area contributed by atoms with E-state index in [9.17, 15) is 19.5 Å². The smallest absolute Gasteiger partial charge is 0.247 e. The fourth-order valence-corrected chi connectivity index (χ4v) is 10.6. The lowest BCUT2D eigenvalue weighted by Gasteiger charge is -2.43. The summed E-state index contributed by atoms with van der Waals surface area (Å²) in [5.41, 5.74) is 1.03. The Morgan fingerprint density at radius 1 is 1.07 bits per heavy atom. The number of hydrogen-bond acceptors (Lipinski definition) is 5. The fraction of sp³-hybridized carbons (Fsp3) is 0.629. The van der Waals surface area contributed by atoms with E-state index in [4.69, 9.17) is 0 Å². The molecule has 43 heavy (non-hydrogen) atoms. The number of fused-ring (bicyclic) bond motifs is 1. The van der Waals surface area contributed by atoms with Gasteiger partial charge in [-0.05, 0) is 43.6 Å². The zero-order valence-electron chi connectivity index (χ0n) is 25.9. The quantitative estimate of drug-likeness (QED) is 0.318. The van der Waals surface area contributed by atoms with Gasteiger partial charge in [0.05, 0.1) is 29.2 Å². The predicted molar refractivity (Wildman–Crippen MR) is 172 cm³/mol. The highest BCUT2D eigenvalue weighted by Gasteiger charge is 2.74. The Balaban J connectivity index is 1.54. The van der Waals surface area contributed by atoms with Gasteiger partial charge < -0.3 is 19.8 Å². The molecule has 8 heteroatoms. The molecule has 2 bridgehead atoms. The van der Waals surface area contributed by atoms with Crippen LogP contribution in [0.25, 0.3) is 0 Å². The molecule has 3 amide bonds. The van der Waals surface area contributed by atoms with Crippen molar-refractivity contribution in [1.29, 1.82) is 0 Å². The minimum absolute atomic E-state index is 0.0119. The number of rotatable bonds is 13. The summed E-state index contributed by atoms with van der Waals surface area (Å²) >= 11 is 1.71. The van der Waals surface area contributed by atoms with Gasteiger partial charge in [0, 0.05) is 30.9 Å². The van der Waals surface area contributed by atoms with Crippen molar-refractivity contribution in [3.8, 4) is 0 Å². The molecular weight excluding hydrogens is 558 g/mol. The van der Waals surface area contributed by atoms with Crippen molar-refractivity contribution in [2.45, 2.75) is 99.9 Å². The molecule has 0 radical (unpaired) electrons. The SMILES string of the molecule is C=CCN(Cc1ccccc1)C(=O)[C@@H]1[C@H]2C(=O)N([C@@H](CO)CC(C)C)C(C(=O)N(CC=C)C3CCCCC3)C23CC[C@H]1S3. The molecule has 1 aliphatic carbocycles. The van der Waals surface area contributed by atoms with Crippen LogP contribution >= 0.6 is 11.8 Å². The third kappa shape index (κ3) is 5.94. The Hall–Kier alpha value is -2.58. The second-order valence-electron chi connectivity index (χ2n) is 13.3. The summed E-state index contributed by atoms with van der Waals surface area (Å²) in [6, 6.07) is 8.87. The third-order valence-corrected chi connectivity index (χ3v) is 12.1. The largest absolute Gasteiger partial charge is 0.394 e. The van der Waals surface area contributed by atoms with E-state index in [1.54, 1.807) is 28.8 Å². The van der Waals surface area contributed by atoms with Crippen LogP contribution in [0.2, 0.25) is 0 Å². The number of benzene rings is 1. The minimum atomic E-state index is -0.697. The second-order valence-corrected chi connectivity index (χ2v) is 14.9. The number of amides is 3. The number of aliphatic hydroxyl groups is 1. The molecule has 234 valence electrons. The Labute approximate surface area is 261 Å². The number of aliphatic hydroxyl groups excluding tert-OH is 1. The van der Waals surface area contributed by atoms with Gasteiger partial charge in [-0.1, -0.05) is 75.6 Å². The van der Waals surface area contributed by atoms with Crippen LogP contribution in [0.15, 0.2) is 55.6 Å². The monoisotopic (exact) mass is 607 g/mol. The zero-order valence-corrected chi connectivity index (χ0v) is 26.7. The summed E-state index contributed by atoms with van der Waals surface area (Å²) in [6.45, 7) is 13.1. The van der Waals surface area contributed by atoms with Crippen molar-refractivity contribution in [3.05, 3.63) is 61.2 Å². The molecular formula is C35H49N3O4S. The molecule has 1 aromatic carbocycles. The topological polar surface area (TPSA) is 81.2 Å². The van der Waals surface area contributed by atoms with E-state index >= 15 is 0 Å². The van der Waals surface area contributed by atoms with Crippen molar-refractivity contribution in [2.75, 3.05) is 19.7 Å². The van der Waals surface area contributed by atoms with E-state index in [1.807, 2.05) is 40.1 Å². The Kier molecular flexibility index (Phi) is 10.1. The first kappa shape index (κ1) is 31.8. The van der Waals surface area contributed by atoms with Crippen molar-refractivity contribution >= 4 is 29.5 Å². The van der Waals surface area contributed by atoms with E-state index in [0.29, 0.717) is 26.1 Å². The second kappa shape index (κ2) is 13.6. The van der Waals surface area contributed by atoms with E-state index in [-0.39, 0.29) is 41.5 Å². The maximum atomic E-state index is 14.9. The van der Waals surface area contributed by atoms with Crippen molar-refractivity contribution < 1.29 is 19.5 Å². The van der Waals surface area contributed by atoms with Gasteiger partial charge in [0.25, 0.3) is 0 Å². The van der Waals surface area contributed by atoms with Crippen LogP contribution in [-0.2, 0) is 20.9 Å². The third-order valence-electron chi connectivity index (χ3n) is 10.1. The van der Waals surface area contributed by atoms with Crippen LogP contribution < -0.4 is 0 Å². The molecule has 3 aliphatic heterocycles. The molecule has 6 atom stereocenters. The van der Waals surface area contributed by atoms with Gasteiger partial charge >= 0.3 is 0 Å². The maximum Gasteiger partial charge on any atom is 0.247 e. The normalized spacial score (nSPS) is 29.0. The number of carbonyl (C=O) groups is 3. The average Bonchev–Trinajstić information content (AvgIpc) is 3.66. The summed E-state index contributed by atoms with van der Waals surface area (Å²) in [6.07, 6.45) is 10.9. The van der Waals surface area contributed by atoms with E-state index in [1.165, 1.54) is 6.42 Å². The molecule has 4 fully saturated rings. The molecule has 2 unspecified atom stereocenters. The molecule has 5 rings (SSSR count). The van der Waals surface area contributed by atoms with Crippen LogP contribution in [0.5, 0.6) is 0 Å². The Bertz CT molecular complexity index is 1180. The Morgan fingerprint density at radius 2 is 1.77 bits per heavy atom. The van der Waals surface area contributed by atoms with Gasteiger partial charge in [0.15, 0.2) is 0 Å². The summed E-state index contributed by atoms with van der Waals surface area (Å²) in [4.78, 5) is 49.5. The first-order chi connectivity index (χ1) is 20.8. The molecule has 4 aliphatic rings. The maximum absolute atomic E-state index is 14.9. The van der Waals surface area contributed by atoms with Gasteiger partial charge in [-0.15, -0.1) is 24.9 Å². The molecule has 1 spiro atoms. The van der Waals surface area contributed by atoms with Crippen LogP contribution in [0, 0.1) is 17.8 Å². The minimum Gasteiger partial charge on any atom is -0.394 e. The number of carbonyl (C=O) groups excluding carboxylic acids is 3. The molecule has 3 saturated heterocycles. The van der Waals surface area contributed by atoms with E-state index in [0.717, 1.165) is 44.1 Å². The van der Waals surface area contributed by atoms with Crippen LogP contribution in [0.1, 0.15) is 70.8 Å². The van der Waals surface area contributed by atoms with E-state index < -0.39 is 28.7 Å². The molecule has 1 saturated carbocycles. The number of thioether (sulfide) groups is 1. The summed E-state index contributed by atoms with van der Waals surface area (Å²) in [7, 11) is 0. The lowest BCUT2D eigenvalue weighted by Crippen LogP contribution is -2.59. The number of nitrogens with zero attached hydrogens (tertiary/aromatic N) is 3. The van der Waals surface area contributed by atoms with Crippen LogP contribution in [-0.4, -0.2) is 85.3 Å². The number of hydrogen-bond donors (Lipinski definition) is 1. The molecule has 1 aromatic rings. The first-order valence-electron chi connectivity index (χ1n) is 16.2. The van der Waals surface area contributed by atoms with Gasteiger partial charge in [-0.2, -0.15) is 0 Å². The number of likely N-dealkylation sites (tertiary alicyclic amines) is 1. The molecule has 1 N–H and O–H groups in total. The molecule has 3 heterocycles. The molecule has 7 nitrogen and oxygen atoms in total. The lowest BCUT2D eigenvalue weighted by molar-refractivity contribution is -0.148. The summed E-state index contributed by atoms with van der Waals surface area (Å²) < 4.78 is -0.676. The van der Waals surface area contributed by atoms with E-state index in [2.05, 4.69) is 27.0 Å². The Morgan fingerprint density at radius 3 is 2.40 bits per heavy atom. The van der Waals surface area contributed by atoms with Crippen molar-refractivity contribution in [1.82, 2.24) is 14.7 Å². The van der Waals surface area contributed by atoms with Crippen molar-refractivity contribution in [2.24, 2.45) is 17.8 Å². The fourth-order valence-electron chi connectivity index (χ4n) is 8.38. The standard InChI is InChI=1S/C35H49N3O4S/c1-5-19-36(22-25-13-9-7-10-14-25)32(40)29-28-17-18-35(43-28)30(29)33(41)38(27(23-39)21-24(3)4)31(35)34(42)37(20-6-2)26-15-11-8-12-16-26/h5-7,9-10,13-14,24,26-31,39H,1-2,8,11-12,15-23H2,3-4H3/t27-,28-,29+,30+,31?,35?/m1/s1. The van der Waals surface area contributed by atoms with Crippen molar-refractivity contribution in [3.63, 3.8) is 0 Å². The lowest BCUT2D eigenvalue weighted by atomic mass is 9.70. The van der Waals surface area contributed by atoms with Gasteiger partial charge in [0.2, 0.25) is 17.7 Å². The first-order valence-corrected chi connectivity index (χ1v) is 17.1. The zero-order chi connectivity index (χ0) is 30.7. The summed E-state index contributed by atoms with van der Waals surface area (Å²) in [5.74, 6) is -1.05. The highest BCUT2D eigenvalue weighted by atomic mass is 32.2. The average molecular weight is 608 g/mol. The van der Waals surface area contributed by atoms with Crippen LogP contribution in [0.4, 0.5) is 0 Å². The highest BCUT2D eigenvalue weighted by Crippen LogP contribution is 2.67. The van der Waals surface area contributed by atoms with Crippen LogP contribution in [0.3, 0.4) is 0 Å². The van der Waals surface area contributed by atoms with Gasteiger partial charge in [-0.25, -0.2) is 0 Å². The predicted octanol–water partition coefficient (Wildman–Crippen LogP) is 5.05. The van der Waals surface area contributed by atoms with Gasteiger partial charge in [0.1, 0.15) is 6.04 Å². The summed E-state index contributed by atoms with van der Waals surface area (Å²) in [5, 5.41) is 10.6.